The van der Waals surface area contributed by atoms with Crippen LogP contribution in [0.3, 0.4) is 0 Å². The highest BCUT2D eigenvalue weighted by molar-refractivity contribution is 6.35. The largest absolute Gasteiger partial charge is 0.505 e. The summed E-state index contributed by atoms with van der Waals surface area (Å²) in [5, 5.41) is 10.9. The van der Waals surface area contributed by atoms with Gasteiger partial charge in [-0.1, -0.05) is 11.6 Å². The highest BCUT2D eigenvalue weighted by Crippen LogP contribution is 2.34. The molecule has 2 rings (SSSR count). The standard InChI is InChI=1S/C15H15ClN2O5/c1-7(2)23-8-3-4-9-10(5-8)14(16)18-12(13(9)20)15(21)22-6-11(17)19/h3-5,7,20H,6H2,1-2H3,(H2,17,19). The minimum Gasteiger partial charge on any atom is -0.505 e. The molecule has 0 radical (unpaired) electrons. The van der Waals surface area contributed by atoms with Crippen molar-refractivity contribution in [1.29, 1.82) is 0 Å². The first kappa shape index (κ1) is 16.8. The minimum atomic E-state index is -0.993. The van der Waals surface area contributed by atoms with Gasteiger partial charge in [-0.3, -0.25) is 4.79 Å². The molecule has 2 aromatic rings. The summed E-state index contributed by atoms with van der Waals surface area (Å²) >= 11 is 6.07. The van der Waals surface area contributed by atoms with E-state index in [4.69, 9.17) is 22.1 Å². The molecule has 0 fully saturated rings. The molecule has 122 valence electrons. The first-order valence-corrected chi connectivity index (χ1v) is 7.11. The third-order valence-corrected chi connectivity index (χ3v) is 3.10. The molecule has 0 saturated carbocycles. The molecule has 1 aromatic heterocycles. The van der Waals surface area contributed by atoms with Gasteiger partial charge < -0.3 is 20.3 Å². The Morgan fingerprint density at radius 2 is 2.04 bits per heavy atom. The Morgan fingerprint density at radius 1 is 1.35 bits per heavy atom. The van der Waals surface area contributed by atoms with Crippen LogP contribution in [0.1, 0.15) is 24.3 Å². The van der Waals surface area contributed by atoms with Crippen LogP contribution in [0.2, 0.25) is 5.15 Å². The Hall–Kier alpha value is -2.54. The SMILES string of the molecule is CC(C)Oc1ccc2c(O)c(C(=O)OCC(N)=O)nc(Cl)c2c1. The van der Waals surface area contributed by atoms with Gasteiger partial charge in [0.25, 0.3) is 5.91 Å². The van der Waals surface area contributed by atoms with E-state index in [2.05, 4.69) is 9.72 Å². The van der Waals surface area contributed by atoms with Crippen LogP contribution in [0.5, 0.6) is 11.5 Å². The molecule has 7 nitrogen and oxygen atoms in total. The third-order valence-electron chi connectivity index (χ3n) is 2.81. The lowest BCUT2D eigenvalue weighted by Crippen LogP contribution is -2.21. The molecule has 0 aliphatic rings. The molecular formula is C15H15ClN2O5. The van der Waals surface area contributed by atoms with Gasteiger partial charge in [-0.2, -0.15) is 0 Å². The molecule has 1 amide bonds. The van der Waals surface area contributed by atoms with Crippen molar-refractivity contribution in [3.8, 4) is 11.5 Å². The predicted molar refractivity (Wildman–Crippen MR) is 83.7 cm³/mol. The number of benzene rings is 1. The molecule has 8 heteroatoms. The van der Waals surface area contributed by atoms with Crippen molar-refractivity contribution in [2.24, 2.45) is 5.73 Å². The fraction of sp³-hybridized carbons (Fsp3) is 0.267. The third kappa shape index (κ3) is 3.81. The average Bonchev–Trinajstić information content (AvgIpc) is 2.47. The van der Waals surface area contributed by atoms with Crippen molar-refractivity contribution in [3.05, 3.63) is 29.0 Å². The number of pyridine rings is 1. The molecular weight excluding hydrogens is 324 g/mol. The summed E-state index contributed by atoms with van der Waals surface area (Å²) in [4.78, 5) is 26.3. The Kier molecular flexibility index (Phi) is 4.90. The van der Waals surface area contributed by atoms with Crippen molar-refractivity contribution in [2.45, 2.75) is 20.0 Å². The number of esters is 1. The number of amides is 1. The molecule has 1 heterocycles. The maximum atomic E-state index is 11.8. The molecule has 0 spiro atoms. The van der Waals surface area contributed by atoms with E-state index in [-0.39, 0.29) is 17.0 Å². The number of ether oxygens (including phenoxy) is 2. The predicted octanol–water partition coefficient (Wildman–Crippen LogP) is 2.02. The van der Waals surface area contributed by atoms with Crippen molar-refractivity contribution >= 4 is 34.2 Å². The van der Waals surface area contributed by atoms with Crippen LogP contribution in [0.25, 0.3) is 10.8 Å². The van der Waals surface area contributed by atoms with Crippen LogP contribution >= 0.6 is 11.6 Å². The summed E-state index contributed by atoms with van der Waals surface area (Å²) in [7, 11) is 0. The second kappa shape index (κ2) is 6.70. The van der Waals surface area contributed by atoms with Gasteiger partial charge >= 0.3 is 5.97 Å². The first-order chi connectivity index (χ1) is 10.8. The van der Waals surface area contributed by atoms with Crippen molar-refractivity contribution in [3.63, 3.8) is 0 Å². The minimum absolute atomic E-state index is 0.00182. The average molecular weight is 339 g/mol. The van der Waals surface area contributed by atoms with Gasteiger partial charge in [0.1, 0.15) is 10.9 Å². The number of hydrogen-bond donors (Lipinski definition) is 2. The number of aromatic nitrogens is 1. The zero-order valence-electron chi connectivity index (χ0n) is 12.5. The van der Waals surface area contributed by atoms with Crippen LogP contribution in [0.15, 0.2) is 18.2 Å². The normalized spacial score (nSPS) is 10.8. The Labute approximate surface area is 137 Å². The number of aromatic hydroxyl groups is 1. The summed E-state index contributed by atoms with van der Waals surface area (Å²) in [5.74, 6) is -1.65. The highest BCUT2D eigenvalue weighted by Gasteiger charge is 2.20. The molecule has 0 atom stereocenters. The maximum Gasteiger partial charge on any atom is 0.361 e. The lowest BCUT2D eigenvalue weighted by molar-refractivity contribution is -0.121. The lowest BCUT2D eigenvalue weighted by atomic mass is 10.1. The molecule has 0 aliphatic heterocycles. The number of fused-ring (bicyclic) bond motifs is 1. The van der Waals surface area contributed by atoms with Crippen LogP contribution < -0.4 is 10.5 Å². The summed E-state index contributed by atoms with van der Waals surface area (Å²) in [6, 6.07) is 4.81. The number of primary amides is 1. The van der Waals surface area contributed by atoms with Crippen LogP contribution in [0, 0.1) is 0 Å². The van der Waals surface area contributed by atoms with Crippen LogP contribution in [0.4, 0.5) is 0 Å². The summed E-state index contributed by atoms with van der Waals surface area (Å²) in [5.41, 5.74) is 4.51. The fourth-order valence-corrected chi connectivity index (χ4v) is 2.17. The Balaban J connectivity index is 2.45. The Morgan fingerprint density at radius 3 is 2.65 bits per heavy atom. The second-order valence-corrected chi connectivity index (χ2v) is 5.37. The second-order valence-electron chi connectivity index (χ2n) is 5.02. The number of rotatable bonds is 5. The zero-order valence-corrected chi connectivity index (χ0v) is 13.3. The smallest absolute Gasteiger partial charge is 0.361 e. The highest BCUT2D eigenvalue weighted by atomic mass is 35.5. The molecule has 0 saturated heterocycles. The van der Waals surface area contributed by atoms with E-state index in [1.807, 2.05) is 13.8 Å². The van der Waals surface area contributed by atoms with Crippen molar-refractivity contribution < 1.29 is 24.2 Å². The van der Waals surface area contributed by atoms with Crippen molar-refractivity contribution in [2.75, 3.05) is 6.61 Å². The van der Waals surface area contributed by atoms with Crippen LogP contribution in [-0.2, 0) is 9.53 Å². The maximum absolute atomic E-state index is 11.8. The van der Waals surface area contributed by atoms with E-state index >= 15 is 0 Å². The quantitative estimate of drug-likeness (QED) is 0.637. The molecule has 0 unspecified atom stereocenters. The number of halogens is 1. The molecule has 0 aliphatic carbocycles. The van der Waals surface area contributed by atoms with E-state index < -0.39 is 24.2 Å². The number of nitrogens with two attached hydrogens (primary N) is 1. The fourth-order valence-electron chi connectivity index (χ4n) is 1.93. The Bertz CT molecular complexity index is 776. The summed E-state index contributed by atoms with van der Waals surface area (Å²) in [6.45, 7) is 3.13. The number of carbonyl (C=O) groups excluding carboxylic acids is 2. The first-order valence-electron chi connectivity index (χ1n) is 6.74. The zero-order chi connectivity index (χ0) is 17.1. The van der Waals surface area contributed by atoms with E-state index in [1.54, 1.807) is 18.2 Å². The van der Waals surface area contributed by atoms with Gasteiger partial charge in [-0.25, -0.2) is 9.78 Å². The monoisotopic (exact) mass is 338 g/mol. The van der Waals surface area contributed by atoms with Crippen molar-refractivity contribution in [1.82, 2.24) is 4.98 Å². The molecule has 23 heavy (non-hydrogen) atoms. The van der Waals surface area contributed by atoms with Gasteiger partial charge in [0.15, 0.2) is 18.1 Å². The number of carbonyl (C=O) groups is 2. The van der Waals surface area contributed by atoms with Gasteiger partial charge in [0, 0.05) is 10.8 Å². The molecule has 0 bridgehead atoms. The topological polar surface area (TPSA) is 112 Å². The van der Waals surface area contributed by atoms with Gasteiger partial charge in [0.2, 0.25) is 0 Å². The van der Waals surface area contributed by atoms with Gasteiger partial charge in [-0.15, -0.1) is 0 Å². The van der Waals surface area contributed by atoms with E-state index in [9.17, 15) is 14.7 Å². The van der Waals surface area contributed by atoms with Gasteiger partial charge in [0.05, 0.1) is 6.10 Å². The van der Waals surface area contributed by atoms with E-state index in [0.717, 1.165) is 0 Å². The molecule has 1 aromatic carbocycles. The lowest BCUT2D eigenvalue weighted by Gasteiger charge is -2.12. The number of hydrogen-bond acceptors (Lipinski definition) is 6. The summed E-state index contributed by atoms with van der Waals surface area (Å²) < 4.78 is 10.2. The van der Waals surface area contributed by atoms with E-state index in [1.165, 1.54) is 0 Å². The summed E-state index contributed by atoms with van der Waals surface area (Å²) in [6.07, 6.45) is -0.0316. The van der Waals surface area contributed by atoms with E-state index in [0.29, 0.717) is 16.5 Å². The number of nitrogens with zero attached hydrogens (tertiary/aromatic N) is 1. The molecule has 3 N–H and O–H groups in total. The van der Waals surface area contributed by atoms with Crippen LogP contribution in [-0.4, -0.2) is 34.7 Å². The van der Waals surface area contributed by atoms with Gasteiger partial charge in [-0.05, 0) is 32.0 Å².